The predicted octanol–water partition coefficient (Wildman–Crippen LogP) is 17.1. The maximum atomic E-state index is 2.58. The van der Waals surface area contributed by atoms with E-state index < -0.39 is 0 Å². The summed E-state index contributed by atoms with van der Waals surface area (Å²) in [6.45, 7) is 6.98. The van der Waals surface area contributed by atoms with Crippen molar-refractivity contribution < 1.29 is 0 Å². The molecule has 0 unspecified atom stereocenters. The zero-order valence-corrected chi connectivity index (χ0v) is 33.7. The van der Waals surface area contributed by atoms with Gasteiger partial charge in [-0.2, -0.15) is 0 Å². The molecule has 0 saturated carbocycles. The summed E-state index contributed by atoms with van der Waals surface area (Å²) in [6, 6.07) is 67.5. The predicted molar refractivity (Wildman–Crippen MR) is 259 cm³/mol. The van der Waals surface area contributed by atoms with E-state index in [1.807, 2.05) is 0 Å². The number of benzene rings is 12. The highest BCUT2D eigenvalue weighted by Gasteiger charge is 2.30. The smallest absolute Gasteiger partial charge is 0.00137 e. The quantitative estimate of drug-likeness (QED) is 0.122. The first-order valence-corrected chi connectivity index (χ1v) is 21.4. The Labute approximate surface area is 348 Å². The van der Waals surface area contributed by atoms with Crippen LogP contribution >= 0.6 is 0 Å². The summed E-state index contributed by atoms with van der Waals surface area (Å²) < 4.78 is 0. The topological polar surface area (TPSA) is 0 Å². The van der Waals surface area contributed by atoms with Crippen molar-refractivity contribution in [2.75, 3.05) is 0 Å². The van der Waals surface area contributed by atoms with Gasteiger partial charge in [-0.15, -0.1) is 0 Å². The van der Waals surface area contributed by atoms with Crippen LogP contribution < -0.4 is 0 Å². The fraction of sp³-hybridized carbons (Fsp3) is 0.0667. The zero-order chi connectivity index (χ0) is 39.6. The molecule has 12 aromatic rings. The molecular formula is C60H38. The van der Waals surface area contributed by atoms with Crippen molar-refractivity contribution in [1.82, 2.24) is 0 Å². The second-order valence-electron chi connectivity index (χ2n) is 18.3. The lowest BCUT2D eigenvalue weighted by molar-refractivity contribution is 0.591. The van der Waals surface area contributed by atoms with Gasteiger partial charge in [0.1, 0.15) is 0 Å². The summed E-state index contributed by atoms with van der Waals surface area (Å²) in [6.07, 6.45) is 0. The number of hydrogen-bond donors (Lipinski definition) is 0. The Morgan fingerprint density at radius 3 is 1.08 bits per heavy atom. The van der Waals surface area contributed by atoms with Gasteiger partial charge in [-0.1, -0.05) is 191 Å². The van der Waals surface area contributed by atoms with E-state index in [9.17, 15) is 0 Å². The van der Waals surface area contributed by atoms with Gasteiger partial charge >= 0.3 is 0 Å². The lowest BCUT2D eigenvalue weighted by atomic mass is 9.79. The molecule has 2 aliphatic rings. The van der Waals surface area contributed by atoms with Gasteiger partial charge in [0.2, 0.25) is 0 Å². The molecule has 14 rings (SSSR count). The van der Waals surface area contributed by atoms with E-state index in [2.05, 4.69) is 197 Å². The molecule has 0 amide bonds. The van der Waals surface area contributed by atoms with Crippen LogP contribution in [0.25, 0.3) is 142 Å². The highest BCUT2D eigenvalue weighted by Crippen LogP contribution is 2.58. The van der Waals surface area contributed by atoms with Crippen LogP contribution in [-0.2, 0) is 5.41 Å². The monoisotopic (exact) mass is 758 g/mol. The van der Waals surface area contributed by atoms with Gasteiger partial charge in [-0.25, -0.2) is 0 Å². The average molecular weight is 759 g/mol. The van der Waals surface area contributed by atoms with Crippen molar-refractivity contribution in [3.8, 4) is 66.8 Å². The molecule has 0 heteroatoms. The summed E-state index contributed by atoms with van der Waals surface area (Å²) >= 11 is 0. The van der Waals surface area contributed by atoms with Crippen molar-refractivity contribution in [3.63, 3.8) is 0 Å². The van der Waals surface area contributed by atoms with Crippen LogP contribution in [0.1, 0.15) is 26.3 Å². The Kier molecular flexibility index (Phi) is 6.13. The van der Waals surface area contributed by atoms with E-state index >= 15 is 0 Å². The molecular weight excluding hydrogens is 721 g/mol. The van der Waals surface area contributed by atoms with Gasteiger partial charge < -0.3 is 0 Å². The van der Waals surface area contributed by atoms with Gasteiger partial charge in [-0.3, -0.25) is 0 Å². The van der Waals surface area contributed by atoms with Gasteiger partial charge in [-0.05, 0) is 159 Å². The Balaban J connectivity index is 1.21. The van der Waals surface area contributed by atoms with E-state index in [0.29, 0.717) is 0 Å². The van der Waals surface area contributed by atoms with Crippen molar-refractivity contribution in [3.05, 3.63) is 181 Å². The summed E-state index contributed by atoms with van der Waals surface area (Å²) in [7, 11) is 0. The van der Waals surface area contributed by atoms with Crippen molar-refractivity contribution in [1.29, 1.82) is 0 Å². The normalized spacial score (nSPS) is 12.9. The molecule has 0 aliphatic heterocycles. The largest absolute Gasteiger partial charge is 0.0616 e. The lowest BCUT2D eigenvalue weighted by Crippen LogP contribution is -2.10. The molecule has 0 aromatic heterocycles. The molecule has 0 fully saturated rings. The molecule has 0 radical (unpaired) electrons. The van der Waals surface area contributed by atoms with Crippen LogP contribution in [0.2, 0.25) is 0 Å². The van der Waals surface area contributed by atoms with E-state index in [1.165, 1.54) is 148 Å². The molecule has 0 saturated heterocycles. The average Bonchev–Trinajstić information content (AvgIpc) is 3.81. The van der Waals surface area contributed by atoms with Gasteiger partial charge in [0.05, 0.1) is 0 Å². The van der Waals surface area contributed by atoms with Crippen molar-refractivity contribution in [2.24, 2.45) is 0 Å². The summed E-state index contributed by atoms with van der Waals surface area (Å²) in [4.78, 5) is 0. The van der Waals surface area contributed by atoms with Crippen LogP contribution in [0.5, 0.6) is 0 Å². The van der Waals surface area contributed by atoms with Gasteiger partial charge in [0.25, 0.3) is 0 Å². The molecule has 60 heavy (non-hydrogen) atoms. The van der Waals surface area contributed by atoms with Crippen molar-refractivity contribution in [2.45, 2.75) is 26.2 Å². The minimum atomic E-state index is 0.0308. The zero-order valence-electron chi connectivity index (χ0n) is 33.7. The molecule has 0 spiro atoms. The molecule has 2 aliphatic carbocycles. The summed E-state index contributed by atoms with van der Waals surface area (Å²) in [5.74, 6) is 0. The number of fused-ring (bicyclic) bond motifs is 10. The molecule has 12 aromatic carbocycles. The first-order chi connectivity index (χ1) is 29.4. The standard InChI is InChI=1S/C60H38/c1-60(2,3)35-30-33-26-28-46-50(53-42-18-8-10-20-44(42)56-38-16-6-4-14-36(38)40-22-12-24-48(53)58(40)56)32-51(47-29-27-34(31-35)52(33)55(46)47)54-43-19-9-11-21-45(43)57-39-17-7-5-15-37(39)41-23-13-25-49(54)59(41)57/h4-32H,1-3H3. The van der Waals surface area contributed by atoms with Gasteiger partial charge in [0.15, 0.2) is 0 Å². The third kappa shape index (κ3) is 4.01. The highest BCUT2D eigenvalue weighted by atomic mass is 14.3. The number of rotatable bonds is 2. The Morgan fingerprint density at radius 1 is 0.250 bits per heavy atom. The SMILES string of the molecule is CC(C)(C)c1cc2ccc3c(-c4c5ccccc5c5c6c(cccc46)-c4ccccc4-5)cc(-c4c5ccccc5c5c6c(cccc46)-c4ccccc4-5)c4ccc(c1)c2c34. The van der Waals surface area contributed by atoms with Crippen LogP contribution in [0.3, 0.4) is 0 Å². The third-order valence-electron chi connectivity index (χ3n) is 14.2. The molecule has 0 atom stereocenters. The third-order valence-corrected chi connectivity index (χ3v) is 14.2. The Morgan fingerprint density at radius 2 is 0.633 bits per heavy atom. The highest BCUT2D eigenvalue weighted by molar-refractivity contribution is 6.36. The molecule has 278 valence electrons. The lowest BCUT2D eigenvalue weighted by Gasteiger charge is -2.24. The molecule has 0 N–H and O–H groups in total. The minimum Gasteiger partial charge on any atom is -0.0616 e. The molecule has 0 nitrogen and oxygen atoms in total. The van der Waals surface area contributed by atoms with E-state index in [4.69, 9.17) is 0 Å². The maximum absolute atomic E-state index is 2.58. The second kappa shape index (κ2) is 11.3. The second-order valence-corrected chi connectivity index (χ2v) is 18.3. The minimum absolute atomic E-state index is 0.0308. The number of hydrogen-bond acceptors (Lipinski definition) is 0. The van der Waals surface area contributed by atoms with Crippen molar-refractivity contribution >= 4 is 75.4 Å². The first kappa shape index (κ1) is 32.7. The van der Waals surface area contributed by atoms with E-state index in [0.717, 1.165) is 0 Å². The van der Waals surface area contributed by atoms with Crippen LogP contribution in [0.15, 0.2) is 176 Å². The van der Waals surface area contributed by atoms with Crippen LogP contribution in [-0.4, -0.2) is 0 Å². The van der Waals surface area contributed by atoms with Gasteiger partial charge in [0, 0.05) is 0 Å². The van der Waals surface area contributed by atoms with E-state index in [-0.39, 0.29) is 5.41 Å². The fourth-order valence-electron chi connectivity index (χ4n) is 11.7. The van der Waals surface area contributed by atoms with Crippen LogP contribution in [0, 0.1) is 0 Å². The Hall–Kier alpha value is -7.28. The molecule has 0 heterocycles. The molecule has 0 bridgehead atoms. The van der Waals surface area contributed by atoms with Crippen LogP contribution in [0.4, 0.5) is 0 Å². The first-order valence-electron chi connectivity index (χ1n) is 21.4. The Bertz CT molecular complexity index is 3660. The van der Waals surface area contributed by atoms with E-state index in [1.54, 1.807) is 0 Å². The maximum Gasteiger partial charge on any atom is -0.00137 e. The summed E-state index contributed by atoms with van der Waals surface area (Å²) in [5, 5.41) is 18.5. The fourth-order valence-corrected chi connectivity index (χ4v) is 11.7. The summed E-state index contributed by atoms with van der Waals surface area (Å²) in [5.41, 5.74) is 17.3.